The normalized spacial score (nSPS) is 10.5. The molecule has 3 aromatic carbocycles. The number of fused-ring (bicyclic) bond motifs is 1. The maximum Gasteiger partial charge on any atom is 0.338 e. The highest BCUT2D eigenvalue weighted by atomic mass is 35.5. The van der Waals surface area contributed by atoms with Gasteiger partial charge in [-0.1, -0.05) is 29.8 Å². The molecule has 0 fully saturated rings. The van der Waals surface area contributed by atoms with Gasteiger partial charge < -0.3 is 23.8 Å². The number of hydrogen-bond donors (Lipinski definition) is 0. The number of esters is 1. The Kier molecular flexibility index (Phi) is 7.43. The van der Waals surface area contributed by atoms with Crippen molar-refractivity contribution < 1.29 is 28.5 Å². The van der Waals surface area contributed by atoms with Crippen LogP contribution in [0.15, 0.2) is 48.5 Å². The van der Waals surface area contributed by atoms with Crippen LogP contribution < -0.4 is 14.2 Å². The molecule has 32 heavy (non-hydrogen) atoms. The van der Waals surface area contributed by atoms with Gasteiger partial charge in [-0.25, -0.2) is 4.79 Å². The average molecular weight is 458 g/mol. The molecule has 0 aromatic heterocycles. The second-order valence-electron chi connectivity index (χ2n) is 7.07. The monoisotopic (exact) mass is 457 g/mol. The smallest absolute Gasteiger partial charge is 0.338 e. The number of hydrogen-bond acceptors (Lipinski definition) is 6. The topological polar surface area (TPSA) is 74.3 Å². The molecular formula is C24H24ClNO6. The largest absolute Gasteiger partial charge is 0.497 e. The summed E-state index contributed by atoms with van der Waals surface area (Å²) in [6.07, 6.45) is 0. The lowest BCUT2D eigenvalue weighted by molar-refractivity contribution is -0.133. The lowest BCUT2D eigenvalue weighted by Gasteiger charge is -2.18. The van der Waals surface area contributed by atoms with E-state index < -0.39 is 12.6 Å². The lowest BCUT2D eigenvalue weighted by Crippen LogP contribution is -2.30. The number of carbonyl (C=O) groups is 2. The Morgan fingerprint density at radius 1 is 0.906 bits per heavy atom. The second-order valence-corrected chi connectivity index (χ2v) is 7.47. The Bertz CT molecular complexity index is 1150. The van der Waals surface area contributed by atoms with Crippen LogP contribution >= 0.6 is 11.6 Å². The van der Waals surface area contributed by atoms with Gasteiger partial charge in [-0.15, -0.1) is 0 Å². The van der Waals surface area contributed by atoms with Crippen molar-refractivity contribution in [2.75, 3.05) is 35.0 Å². The summed E-state index contributed by atoms with van der Waals surface area (Å²) in [6, 6.07) is 14.6. The van der Waals surface area contributed by atoms with Gasteiger partial charge in [0.05, 0.1) is 31.9 Å². The van der Waals surface area contributed by atoms with Crippen molar-refractivity contribution >= 4 is 34.2 Å². The first kappa shape index (κ1) is 23.2. The van der Waals surface area contributed by atoms with Gasteiger partial charge in [-0.2, -0.15) is 0 Å². The quantitative estimate of drug-likeness (QED) is 0.468. The van der Waals surface area contributed by atoms with Gasteiger partial charge in [0.25, 0.3) is 5.91 Å². The predicted octanol–water partition coefficient (Wildman–Crippen LogP) is 4.33. The number of benzene rings is 3. The van der Waals surface area contributed by atoms with Crippen LogP contribution in [0.1, 0.15) is 15.9 Å². The molecule has 168 valence electrons. The average Bonchev–Trinajstić information content (AvgIpc) is 2.81. The van der Waals surface area contributed by atoms with E-state index in [4.69, 9.17) is 30.5 Å². The molecule has 1 amide bonds. The summed E-state index contributed by atoms with van der Waals surface area (Å²) in [5, 5.41) is 2.29. The first-order chi connectivity index (χ1) is 15.4. The van der Waals surface area contributed by atoms with E-state index >= 15 is 0 Å². The summed E-state index contributed by atoms with van der Waals surface area (Å²) >= 11 is 6.12. The molecule has 0 saturated heterocycles. The van der Waals surface area contributed by atoms with Gasteiger partial charge in [-0.05, 0) is 46.7 Å². The molecule has 0 spiro atoms. The second kappa shape index (κ2) is 10.2. The number of rotatable bonds is 8. The van der Waals surface area contributed by atoms with E-state index in [9.17, 15) is 9.59 Å². The molecule has 0 aliphatic rings. The fourth-order valence-electron chi connectivity index (χ4n) is 3.22. The van der Waals surface area contributed by atoms with E-state index in [0.29, 0.717) is 18.0 Å². The van der Waals surface area contributed by atoms with E-state index in [1.807, 2.05) is 36.4 Å². The molecule has 0 unspecified atom stereocenters. The van der Waals surface area contributed by atoms with E-state index in [-0.39, 0.29) is 16.5 Å². The Morgan fingerprint density at radius 3 is 2.31 bits per heavy atom. The molecule has 7 nitrogen and oxygen atoms in total. The van der Waals surface area contributed by atoms with Gasteiger partial charge in [0.15, 0.2) is 18.1 Å². The molecule has 0 aliphatic heterocycles. The molecule has 3 rings (SSSR count). The van der Waals surface area contributed by atoms with Gasteiger partial charge in [0.1, 0.15) is 5.75 Å². The highest BCUT2D eigenvalue weighted by Gasteiger charge is 2.18. The fraction of sp³-hybridized carbons (Fsp3) is 0.250. The number of amides is 1. The highest BCUT2D eigenvalue weighted by Crippen LogP contribution is 2.36. The molecule has 0 aliphatic carbocycles. The Balaban J connectivity index is 1.61. The fourth-order valence-corrected chi connectivity index (χ4v) is 3.51. The van der Waals surface area contributed by atoms with Crippen LogP contribution in [0.3, 0.4) is 0 Å². The van der Waals surface area contributed by atoms with Crippen LogP contribution in [0.5, 0.6) is 17.2 Å². The summed E-state index contributed by atoms with van der Waals surface area (Å²) in [4.78, 5) is 26.4. The minimum absolute atomic E-state index is 0.160. The molecule has 0 atom stereocenters. The molecular weight excluding hydrogens is 434 g/mol. The molecule has 0 heterocycles. The van der Waals surface area contributed by atoms with Crippen LogP contribution in [0.25, 0.3) is 10.8 Å². The van der Waals surface area contributed by atoms with Crippen molar-refractivity contribution in [3.05, 3.63) is 64.7 Å². The molecule has 0 radical (unpaired) electrons. The van der Waals surface area contributed by atoms with Crippen molar-refractivity contribution in [3.63, 3.8) is 0 Å². The van der Waals surface area contributed by atoms with E-state index in [2.05, 4.69) is 0 Å². The van der Waals surface area contributed by atoms with Crippen molar-refractivity contribution in [2.24, 2.45) is 0 Å². The number of ether oxygens (including phenoxy) is 4. The van der Waals surface area contributed by atoms with E-state index in [0.717, 1.165) is 22.1 Å². The zero-order valence-corrected chi connectivity index (χ0v) is 19.1. The number of halogens is 1. The Morgan fingerprint density at radius 2 is 1.62 bits per heavy atom. The molecule has 0 N–H and O–H groups in total. The standard InChI is InChI=1S/C24H24ClNO6/c1-26(13-15-5-6-17-10-19(29-2)8-7-16(17)9-15)22(27)14-32-24(28)18-11-20(25)23(31-4)21(12-18)30-3/h5-12H,13-14H2,1-4H3. The zero-order valence-electron chi connectivity index (χ0n) is 18.3. The predicted molar refractivity (Wildman–Crippen MR) is 122 cm³/mol. The van der Waals surface area contributed by atoms with Crippen molar-refractivity contribution in [2.45, 2.75) is 6.54 Å². The highest BCUT2D eigenvalue weighted by molar-refractivity contribution is 6.32. The molecule has 8 heteroatoms. The van der Waals surface area contributed by atoms with Gasteiger partial charge in [0.2, 0.25) is 0 Å². The van der Waals surface area contributed by atoms with Crippen LogP contribution in [0.4, 0.5) is 0 Å². The molecule has 0 saturated carbocycles. The minimum atomic E-state index is -0.686. The van der Waals surface area contributed by atoms with Crippen molar-refractivity contribution in [1.29, 1.82) is 0 Å². The maximum atomic E-state index is 12.5. The van der Waals surface area contributed by atoms with Gasteiger partial charge in [0, 0.05) is 13.6 Å². The van der Waals surface area contributed by atoms with Crippen LogP contribution in [0.2, 0.25) is 5.02 Å². The maximum absolute atomic E-state index is 12.5. The molecule has 0 bridgehead atoms. The van der Waals surface area contributed by atoms with Crippen LogP contribution in [0, 0.1) is 0 Å². The number of methoxy groups -OCH3 is 3. The van der Waals surface area contributed by atoms with Gasteiger partial charge in [-0.3, -0.25) is 4.79 Å². The zero-order chi connectivity index (χ0) is 23.3. The summed E-state index contributed by atoms with van der Waals surface area (Å²) in [5.74, 6) is 0.379. The van der Waals surface area contributed by atoms with Crippen molar-refractivity contribution in [1.82, 2.24) is 4.90 Å². The first-order valence-corrected chi connectivity index (χ1v) is 10.1. The van der Waals surface area contributed by atoms with Crippen molar-refractivity contribution in [3.8, 4) is 17.2 Å². The number of nitrogens with zero attached hydrogens (tertiary/aromatic N) is 1. The first-order valence-electron chi connectivity index (χ1n) is 9.75. The summed E-state index contributed by atoms with van der Waals surface area (Å²) in [5.41, 5.74) is 1.12. The third-order valence-corrected chi connectivity index (χ3v) is 5.23. The summed E-state index contributed by atoms with van der Waals surface area (Å²) in [7, 11) is 6.16. The van der Waals surface area contributed by atoms with E-state index in [1.54, 1.807) is 14.2 Å². The number of carbonyl (C=O) groups excluding carboxylic acids is 2. The van der Waals surface area contributed by atoms with Crippen LogP contribution in [-0.2, 0) is 16.1 Å². The minimum Gasteiger partial charge on any atom is -0.497 e. The third-order valence-electron chi connectivity index (χ3n) is 4.95. The number of likely N-dealkylation sites (N-methyl/N-ethyl adjacent to an activating group) is 1. The lowest BCUT2D eigenvalue weighted by atomic mass is 10.1. The Hall–Kier alpha value is -3.45. The SMILES string of the molecule is COc1ccc2cc(CN(C)C(=O)COC(=O)c3cc(Cl)c(OC)c(OC)c3)ccc2c1. The third kappa shape index (κ3) is 5.23. The van der Waals surface area contributed by atoms with Gasteiger partial charge >= 0.3 is 5.97 Å². The Labute approximate surface area is 191 Å². The summed E-state index contributed by atoms with van der Waals surface area (Å²) in [6.45, 7) is -0.0212. The molecule has 3 aromatic rings. The summed E-state index contributed by atoms with van der Waals surface area (Å²) < 4.78 is 20.7. The van der Waals surface area contributed by atoms with Crippen LogP contribution in [-0.4, -0.2) is 51.8 Å². The van der Waals surface area contributed by atoms with E-state index in [1.165, 1.54) is 31.3 Å².